The van der Waals surface area contributed by atoms with Gasteiger partial charge in [-0.2, -0.15) is 0 Å². The van der Waals surface area contributed by atoms with Crippen LogP contribution in [0.15, 0.2) is 11.8 Å². The van der Waals surface area contributed by atoms with Gasteiger partial charge in [-0.25, -0.2) is 0 Å². The van der Waals surface area contributed by atoms with Crippen LogP contribution in [-0.2, 0) is 14.3 Å². The number of carbonyl (C=O) groups is 1. The molecule has 0 spiro atoms. The van der Waals surface area contributed by atoms with E-state index in [0.29, 0.717) is 12.5 Å². The fraction of sp³-hybridized carbons (Fsp3) is 0.667. The Bertz CT molecular complexity index is 244. The van der Waals surface area contributed by atoms with E-state index >= 15 is 0 Å². The standard InChI is InChI=1S/C9H12O3/c1-3-11-9(10)7-6-4-5(2)12-8(6)7/h4,6-8H,3H2,1-2H3. The topological polar surface area (TPSA) is 35.5 Å². The Balaban J connectivity index is 1.92. The highest BCUT2D eigenvalue weighted by Crippen LogP contribution is 2.49. The lowest BCUT2D eigenvalue weighted by Crippen LogP contribution is -2.11. The molecule has 1 saturated carbocycles. The second-order valence-electron chi connectivity index (χ2n) is 3.21. The predicted molar refractivity (Wildman–Crippen MR) is 42.2 cm³/mol. The quantitative estimate of drug-likeness (QED) is 0.579. The molecular weight excluding hydrogens is 156 g/mol. The SMILES string of the molecule is CCOC(=O)C1C2C=C(C)OC21. The molecule has 0 saturated heterocycles. The Morgan fingerprint density at radius 2 is 2.50 bits per heavy atom. The zero-order chi connectivity index (χ0) is 8.72. The first-order valence-corrected chi connectivity index (χ1v) is 4.25. The van der Waals surface area contributed by atoms with Gasteiger partial charge < -0.3 is 9.47 Å². The molecule has 3 unspecified atom stereocenters. The molecule has 2 aliphatic rings. The van der Waals surface area contributed by atoms with E-state index in [4.69, 9.17) is 9.47 Å². The molecule has 3 atom stereocenters. The van der Waals surface area contributed by atoms with Crippen molar-refractivity contribution in [2.45, 2.75) is 20.0 Å². The van der Waals surface area contributed by atoms with Crippen LogP contribution in [-0.4, -0.2) is 18.7 Å². The number of carbonyl (C=O) groups excluding carboxylic acids is 1. The molecule has 2 rings (SSSR count). The van der Waals surface area contributed by atoms with E-state index in [1.165, 1.54) is 0 Å². The van der Waals surface area contributed by atoms with Crippen molar-refractivity contribution in [2.24, 2.45) is 11.8 Å². The van der Waals surface area contributed by atoms with Crippen molar-refractivity contribution < 1.29 is 14.3 Å². The molecule has 66 valence electrons. The van der Waals surface area contributed by atoms with E-state index in [1.807, 2.05) is 19.9 Å². The van der Waals surface area contributed by atoms with E-state index in [1.54, 1.807) is 0 Å². The van der Waals surface area contributed by atoms with Gasteiger partial charge in [-0.05, 0) is 19.9 Å². The Morgan fingerprint density at radius 1 is 1.75 bits per heavy atom. The summed E-state index contributed by atoms with van der Waals surface area (Å²) >= 11 is 0. The van der Waals surface area contributed by atoms with Gasteiger partial charge >= 0.3 is 5.97 Å². The number of rotatable bonds is 2. The first-order valence-electron chi connectivity index (χ1n) is 4.25. The minimum atomic E-state index is -0.115. The first kappa shape index (κ1) is 7.65. The molecule has 1 aliphatic carbocycles. The molecular formula is C9H12O3. The maximum atomic E-state index is 11.2. The van der Waals surface area contributed by atoms with Crippen molar-refractivity contribution >= 4 is 5.97 Å². The number of hydrogen-bond donors (Lipinski definition) is 0. The maximum Gasteiger partial charge on any atom is 0.313 e. The molecule has 0 bridgehead atoms. The molecule has 0 aromatic heterocycles. The summed E-state index contributed by atoms with van der Waals surface area (Å²) in [6.07, 6.45) is 2.09. The average molecular weight is 168 g/mol. The number of hydrogen-bond acceptors (Lipinski definition) is 3. The van der Waals surface area contributed by atoms with E-state index in [0.717, 1.165) is 5.76 Å². The molecule has 0 aromatic rings. The van der Waals surface area contributed by atoms with Gasteiger partial charge in [0.05, 0.1) is 12.4 Å². The number of allylic oxidation sites excluding steroid dienone is 1. The van der Waals surface area contributed by atoms with Crippen molar-refractivity contribution in [3.63, 3.8) is 0 Å². The van der Waals surface area contributed by atoms with E-state index < -0.39 is 0 Å². The van der Waals surface area contributed by atoms with Gasteiger partial charge in [0.1, 0.15) is 12.0 Å². The molecule has 0 radical (unpaired) electrons. The lowest BCUT2D eigenvalue weighted by atomic mass is 10.3. The Morgan fingerprint density at radius 3 is 3.00 bits per heavy atom. The highest BCUT2D eigenvalue weighted by molar-refractivity contribution is 5.78. The van der Waals surface area contributed by atoms with Crippen molar-refractivity contribution in [3.05, 3.63) is 11.8 Å². The first-order chi connectivity index (χ1) is 5.74. The van der Waals surface area contributed by atoms with Crippen LogP contribution in [0.3, 0.4) is 0 Å². The Hall–Kier alpha value is -0.990. The zero-order valence-corrected chi connectivity index (χ0v) is 7.24. The molecule has 0 amide bonds. The average Bonchev–Trinajstić information content (AvgIpc) is 2.51. The highest BCUT2D eigenvalue weighted by atomic mass is 16.5. The summed E-state index contributed by atoms with van der Waals surface area (Å²) in [5.74, 6) is 1.10. The molecule has 1 heterocycles. The minimum Gasteiger partial charge on any atom is -0.494 e. The molecule has 1 fully saturated rings. The van der Waals surface area contributed by atoms with Gasteiger partial charge in [0.15, 0.2) is 0 Å². The van der Waals surface area contributed by atoms with Gasteiger partial charge in [-0.1, -0.05) is 0 Å². The van der Waals surface area contributed by atoms with Crippen LogP contribution in [0.2, 0.25) is 0 Å². The van der Waals surface area contributed by atoms with Crippen molar-refractivity contribution in [2.75, 3.05) is 6.61 Å². The summed E-state index contributed by atoms with van der Waals surface area (Å²) in [5.41, 5.74) is 0. The number of esters is 1. The molecule has 12 heavy (non-hydrogen) atoms. The smallest absolute Gasteiger partial charge is 0.313 e. The molecule has 1 aliphatic heterocycles. The fourth-order valence-electron chi connectivity index (χ4n) is 1.71. The van der Waals surface area contributed by atoms with Crippen LogP contribution in [0.5, 0.6) is 0 Å². The van der Waals surface area contributed by atoms with Crippen molar-refractivity contribution in [3.8, 4) is 0 Å². The molecule has 0 N–H and O–H groups in total. The Labute approximate surface area is 71.3 Å². The summed E-state index contributed by atoms with van der Waals surface area (Å²) in [4.78, 5) is 11.2. The molecule has 3 nitrogen and oxygen atoms in total. The van der Waals surface area contributed by atoms with Crippen molar-refractivity contribution in [1.82, 2.24) is 0 Å². The summed E-state index contributed by atoms with van der Waals surface area (Å²) in [5, 5.41) is 0. The monoisotopic (exact) mass is 168 g/mol. The normalized spacial score (nSPS) is 36.5. The maximum absolute atomic E-state index is 11.2. The van der Waals surface area contributed by atoms with Gasteiger partial charge in [-0.15, -0.1) is 0 Å². The lowest BCUT2D eigenvalue weighted by Gasteiger charge is -2.03. The lowest BCUT2D eigenvalue weighted by molar-refractivity contribution is -0.145. The Kier molecular flexibility index (Phi) is 1.60. The minimum absolute atomic E-state index is 0.0198. The van der Waals surface area contributed by atoms with Gasteiger partial charge in [-0.3, -0.25) is 4.79 Å². The van der Waals surface area contributed by atoms with Crippen LogP contribution in [0.4, 0.5) is 0 Å². The summed E-state index contributed by atoms with van der Waals surface area (Å²) < 4.78 is 10.3. The van der Waals surface area contributed by atoms with Gasteiger partial charge in [0.2, 0.25) is 0 Å². The predicted octanol–water partition coefficient (Wildman–Crippen LogP) is 1.10. The van der Waals surface area contributed by atoms with Crippen LogP contribution in [0.1, 0.15) is 13.8 Å². The summed E-state index contributed by atoms with van der Waals surface area (Å²) in [6, 6.07) is 0. The number of ether oxygens (including phenoxy) is 2. The van der Waals surface area contributed by atoms with E-state index in [9.17, 15) is 4.79 Å². The van der Waals surface area contributed by atoms with Gasteiger partial charge in [0, 0.05) is 5.92 Å². The van der Waals surface area contributed by atoms with E-state index in [-0.39, 0.29) is 18.0 Å². The van der Waals surface area contributed by atoms with Crippen LogP contribution >= 0.6 is 0 Å². The third kappa shape index (κ3) is 1.00. The second-order valence-corrected chi connectivity index (χ2v) is 3.21. The van der Waals surface area contributed by atoms with E-state index in [2.05, 4.69) is 0 Å². The third-order valence-electron chi connectivity index (χ3n) is 2.31. The fourth-order valence-corrected chi connectivity index (χ4v) is 1.71. The highest BCUT2D eigenvalue weighted by Gasteiger charge is 2.59. The second kappa shape index (κ2) is 2.51. The summed E-state index contributed by atoms with van der Waals surface area (Å²) in [7, 11) is 0. The third-order valence-corrected chi connectivity index (χ3v) is 2.31. The van der Waals surface area contributed by atoms with Crippen molar-refractivity contribution in [1.29, 1.82) is 0 Å². The molecule has 3 heteroatoms. The van der Waals surface area contributed by atoms with Crippen LogP contribution < -0.4 is 0 Å². The van der Waals surface area contributed by atoms with Crippen LogP contribution in [0, 0.1) is 11.8 Å². The largest absolute Gasteiger partial charge is 0.494 e. The summed E-state index contributed by atoms with van der Waals surface area (Å²) in [6.45, 7) is 4.18. The van der Waals surface area contributed by atoms with Gasteiger partial charge in [0.25, 0.3) is 0 Å². The molecule has 0 aromatic carbocycles. The zero-order valence-electron chi connectivity index (χ0n) is 7.24. The van der Waals surface area contributed by atoms with Crippen LogP contribution in [0.25, 0.3) is 0 Å². The number of fused-ring (bicyclic) bond motifs is 1.